The highest BCUT2D eigenvalue weighted by Gasteiger charge is 2.07. The average Bonchev–Trinajstić information content (AvgIpc) is 2.29. The van der Waals surface area contributed by atoms with E-state index in [9.17, 15) is 0 Å². The zero-order valence-corrected chi connectivity index (χ0v) is 9.63. The topological polar surface area (TPSA) is 25.8 Å². The van der Waals surface area contributed by atoms with E-state index in [0.717, 1.165) is 16.2 Å². The van der Waals surface area contributed by atoms with Gasteiger partial charge in [0.2, 0.25) is 0 Å². The van der Waals surface area contributed by atoms with E-state index in [0.29, 0.717) is 15.8 Å². The molecule has 0 spiro atoms. The third kappa shape index (κ3) is 1.42. The maximum atomic E-state index is 6.09. The van der Waals surface area contributed by atoms with Gasteiger partial charge in [-0.25, -0.2) is 9.97 Å². The minimum Gasteiger partial charge on any atom is -0.237 e. The van der Waals surface area contributed by atoms with Crippen LogP contribution < -0.4 is 0 Å². The van der Waals surface area contributed by atoms with Crippen molar-refractivity contribution in [2.45, 2.75) is 0 Å². The van der Waals surface area contributed by atoms with Crippen LogP contribution >= 0.6 is 23.2 Å². The second kappa shape index (κ2) is 3.58. The van der Waals surface area contributed by atoms with Crippen molar-refractivity contribution >= 4 is 45.0 Å². The quantitative estimate of drug-likeness (QED) is 0.443. The zero-order valence-electron chi connectivity index (χ0n) is 8.11. The average molecular weight is 249 g/mol. The third-order valence-electron chi connectivity index (χ3n) is 2.48. The molecule has 0 bridgehead atoms. The van der Waals surface area contributed by atoms with Crippen molar-refractivity contribution in [3.8, 4) is 0 Å². The molecule has 0 aliphatic carbocycles. The summed E-state index contributed by atoms with van der Waals surface area (Å²) in [6.07, 6.45) is 1.70. The molecule has 0 saturated heterocycles. The van der Waals surface area contributed by atoms with Crippen LogP contribution in [0.4, 0.5) is 0 Å². The number of halogens is 2. The standard InChI is InChI=1S/C12H6Cl2N2/c13-7-3-4-8-10(6-7)9-2-1-5-15-12(9)16-11(8)14/h1-6H. The Kier molecular flexibility index (Phi) is 2.20. The van der Waals surface area contributed by atoms with Crippen molar-refractivity contribution in [3.63, 3.8) is 0 Å². The van der Waals surface area contributed by atoms with Crippen molar-refractivity contribution in [3.05, 3.63) is 46.7 Å². The molecule has 3 rings (SSSR count). The molecule has 1 aromatic carbocycles. The Balaban J connectivity index is 2.61. The molecule has 78 valence electrons. The third-order valence-corrected chi connectivity index (χ3v) is 3.01. The van der Waals surface area contributed by atoms with Gasteiger partial charge in [0.25, 0.3) is 0 Å². The van der Waals surface area contributed by atoms with E-state index in [4.69, 9.17) is 23.2 Å². The van der Waals surface area contributed by atoms with Gasteiger partial charge in [0.05, 0.1) is 0 Å². The Hall–Kier alpha value is -1.38. The summed E-state index contributed by atoms with van der Waals surface area (Å²) in [5.74, 6) is 0. The normalized spacial score (nSPS) is 11.1. The van der Waals surface area contributed by atoms with Crippen LogP contribution in [0.3, 0.4) is 0 Å². The van der Waals surface area contributed by atoms with Crippen LogP contribution in [-0.4, -0.2) is 9.97 Å². The van der Waals surface area contributed by atoms with Crippen molar-refractivity contribution in [2.75, 3.05) is 0 Å². The van der Waals surface area contributed by atoms with Crippen molar-refractivity contribution in [1.29, 1.82) is 0 Å². The van der Waals surface area contributed by atoms with Crippen molar-refractivity contribution in [2.24, 2.45) is 0 Å². The van der Waals surface area contributed by atoms with Gasteiger partial charge in [-0.1, -0.05) is 23.2 Å². The second-order valence-corrected chi connectivity index (χ2v) is 4.26. The molecular weight excluding hydrogens is 243 g/mol. The molecule has 0 radical (unpaired) electrons. The summed E-state index contributed by atoms with van der Waals surface area (Å²) in [5.41, 5.74) is 0.641. The van der Waals surface area contributed by atoms with Crippen LogP contribution in [0.2, 0.25) is 10.2 Å². The molecule has 0 N–H and O–H groups in total. The Morgan fingerprint density at radius 1 is 0.938 bits per heavy atom. The molecular formula is C12H6Cl2N2. The number of nitrogens with zero attached hydrogens (tertiary/aromatic N) is 2. The Bertz CT molecular complexity index is 695. The van der Waals surface area contributed by atoms with Crippen LogP contribution in [-0.2, 0) is 0 Å². The van der Waals surface area contributed by atoms with Crippen LogP contribution in [0, 0.1) is 0 Å². The fraction of sp³-hybridized carbons (Fsp3) is 0. The molecule has 4 heteroatoms. The molecule has 2 heterocycles. The molecule has 0 amide bonds. The molecule has 0 aliphatic rings. The molecule has 2 nitrogen and oxygen atoms in total. The first-order valence-corrected chi connectivity index (χ1v) is 5.51. The van der Waals surface area contributed by atoms with E-state index < -0.39 is 0 Å². The minimum atomic E-state index is 0.456. The van der Waals surface area contributed by atoms with Gasteiger partial charge in [-0.05, 0) is 35.7 Å². The lowest BCUT2D eigenvalue weighted by Crippen LogP contribution is -1.87. The molecule has 3 aromatic rings. The predicted molar refractivity (Wildman–Crippen MR) is 67.1 cm³/mol. The summed E-state index contributed by atoms with van der Waals surface area (Å²) < 4.78 is 0. The monoisotopic (exact) mass is 248 g/mol. The predicted octanol–water partition coefficient (Wildman–Crippen LogP) is 4.09. The minimum absolute atomic E-state index is 0.456. The molecule has 0 aliphatic heterocycles. The number of fused-ring (bicyclic) bond motifs is 3. The first kappa shape index (κ1) is 9.82. The van der Waals surface area contributed by atoms with E-state index in [1.54, 1.807) is 12.3 Å². The summed E-state index contributed by atoms with van der Waals surface area (Å²) >= 11 is 12.1. The van der Waals surface area contributed by atoms with Gasteiger partial charge in [-0.15, -0.1) is 0 Å². The molecule has 2 aromatic heterocycles. The number of aromatic nitrogens is 2. The van der Waals surface area contributed by atoms with Crippen molar-refractivity contribution < 1.29 is 0 Å². The van der Waals surface area contributed by atoms with Gasteiger partial charge in [0.1, 0.15) is 5.15 Å². The van der Waals surface area contributed by atoms with Crippen LogP contribution in [0.15, 0.2) is 36.5 Å². The lowest BCUT2D eigenvalue weighted by molar-refractivity contribution is 1.30. The zero-order chi connectivity index (χ0) is 11.1. The summed E-state index contributed by atoms with van der Waals surface area (Å²) in [7, 11) is 0. The smallest absolute Gasteiger partial charge is 0.161 e. The highest BCUT2D eigenvalue weighted by Crippen LogP contribution is 2.30. The lowest BCUT2D eigenvalue weighted by atomic mass is 10.1. The van der Waals surface area contributed by atoms with Gasteiger partial charge in [0.15, 0.2) is 5.65 Å². The maximum Gasteiger partial charge on any atom is 0.161 e. The molecule has 0 fully saturated rings. The van der Waals surface area contributed by atoms with Crippen LogP contribution in [0.1, 0.15) is 0 Å². The maximum absolute atomic E-state index is 6.09. The SMILES string of the molecule is Clc1ccc2c(Cl)nc3ncccc3c2c1. The van der Waals surface area contributed by atoms with Gasteiger partial charge >= 0.3 is 0 Å². The Morgan fingerprint density at radius 2 is 1.81 bits per heavy atom. The van der Waals surface area contributed by atoms with E-state index in [2.05, 4.69) is 9.97 Å². The first-order valence-electron chi connectivity index (χ1n) is 4.75. The summed E-state index contributed by atoms with van der Waals surface area (Å²) in [5, 5.41) is 3.98. The fourth-order valence-corrected chi connectivity index (χ4v) is 2.19. The van der Waals surface area contributed by atoms with Gasteiger partial charge in [-0.3, -0.25) is 0 Å². The Labute approximate surface area is 102 Å². The van der Waals surface area contributed by atoms with E-state index >= 15 is 0 Å². The summed E-state index contributed by atoms with van der Waals surface area (Å²) in [6, 6.07) is 9.40. The van der Waals surface area contributed by atoms with Gasteiger partial charge < -0.3 is 0 Å². The van der Waals surface area contributed by atoms with Crippen molar-refractivity contribution in [1.82, 2.24) is 9.97 Å². The molecule has 0 atom stereocenters. The summed E-state index contributed by atoms with van der Waals surface area (Å²) in [6.45, 7) is 0. The second-order valence-electron chi connectivity index (χ2n) is 3.47. The number of pyridine rings is 2. The Morgan fingerprint density at radius 3 is 2.69 bits per heavy atom. The van der Waals surface area contributed by atoms with E-state index in [-0.39, 0.29) is 0 Å². The highest BCUT2D eigenvalue weighted by molar-refractivity contribution is 6.36. The largest absolute Gasteiger partial charge is 0.237 e. The number of hydrogen-bond donors (Lipinski definition) is 0. The molecule has 16 heavy (non-hydrogen) atoms. The number of benzene rings is 1. The fourth-order valence-electron chi connectivity index (χ4n) is 1.77. The lowest BCUT2D eigenvalue weighted by Gasteiger charge is -2.04. The van der Waals surface area contributed by atoms with Crippen LogP contribution in [0.25, 0.3) is 21.8 Å². The molecule has 0 saturated carbocycles. The first-order chi connectivity index (χ1) is 7.75. The van der Waals surface area contributed by atoms with Gasteiger partial charge in [-0.2, -0.15) is 0 Å². The summed E-state index contributed by atoms with van der Waals surface area (Å²) in [4.78, 5) is 8.43. The molecule has 0 unspecified atom stereocenters. The number of hydrogen-bond acceptors (Lipinski definition) is 2. The highest BCUT2D eigenvalue weighted by atomic mass is 35.5. The van der Waals surface area contributed by atoms with E-state index in [1.807, 2.05) is 24.3 Å². The van der Waals surface area contributed by atoms with Gasteiger partial charge in [0, 0.05) is 22.0 Å². The number of rotatable bonds is 0. The van der Waals surface area contributed by atoms with Crippen LogP contribution in [0.5, 0.6) is 0 Å². The van der Waals surface area contributed by atoms with E-state index in [1.165, 1.54) is 0 Å².